The minimum atomic E-state index is -0.332. The van der Waals surface area contributed by atoms with Gasteiger partial charge in [0.05, 0.1) is 0 Å². The molecule has 2 aromatic rings. The standard InChI is InChI=1S/C12H18N6O/c1-5-10-14-15-11-7-6-9(16-18(10)11)13-8(2)12(19)17(3)4/h6-8H,5H2,1-4H3,(H,13,16)/t8-/m0/s1. The average molecular weight is 262 g/mol. The van der Waals surface area contributed by atoms with Crippen LogP contribution in [0.1, 0.15) is 19.7 Å². The van der Waals surface area contributed by atoms with Crippen LogP contribution in [0.25, 0.3) is 5.65 Å². The SMILES string of the molecule is CCc1nnc2ccc(N[C@@H](C)C(=O)N(C)C)nn12. The number of carbonyl (C=O) groups excluding carboxylic acids is 1. The first kappa shape index (κ1) is 13.3. The first-order valence-corrected chi connectivity index (χ1v) is 6.22. The largest absolute Gasteiger partial charge is 0.357 e. The summed E-state index contributed by atoms with van der Waals surface area (Å²) < 4.78 is 1.69. The van der Waals surface area contributed by atoms with E-state index >= 15 is 0 Å². The first-order valence-electron chi connectivity index (χ1n) is 6.22. The Balaban J connectivity index is 2.23. The third-order valence-corrected chi connectivity index (χ3v) is 2.82. The molecule has 7 nitrogen and oxygen atoms in total. The summed E-state index contributed by atoms with van der Waals surface area (Å²) >= 11 is 0. The number of amides is 1. The molecule has 0 aliphatic carbocycles. The van der Waals surface area contributed by atoms with E-state index in [1.54, 1.807) is 36.5 Å². The molecule has 102 valence electrons. The lowest BCUT2D eigenvalue weighted by atomic mass is 10.3. The summed E-state index contributed by atoms with van der Waals surface area (Å²) in [4.78, 5) is 13.3. The van der Waals surface area contributed by atoms with E-state index in [1.165, 1.54) is 0 Å². The number of carbonyl (C=O) groups is 1. The Hall–Kier alpha value is -2.18. The Labute approximate surface area is 111 Å². The summed E-state index contributed by atoms with van der Waals surface area (Å²) in [5.74, 6) is 1.43. The van der Waals surface area contributed by atoms with Crippen LogP contribution < -0.4 is 5.32 Å². The van der Waals surface area contributed by atoms with Crippen molar-refractivity contribution >= 4 is 17.4 Å². The predicted molar refractivity (Wildman–Crippen MR) is 71.9 cm³/mol. The van der Waals surface area contributed by atoms with Crippen molar-refractivity contribution in [2.24, 2.45) is 0 Å². The fourth-order valence-corrected chi connectivity index (χ4v) is 1.80. The number of likely N-dealkylation sites (N-methyl/N-ethyl adjacent to an activating group) is 1. The maximum Gasteiger partial charge on any atom is 0.244 e. The Morgan fingerprint density at radius 1 is 1.42 bits per heavy atom. The molecule has 1 N–H and O–H groups in total. The summed E-state index contributed by atoms with van der Waals surface area (Å²) in [5, 5.41) is 15.5. The molecule has 0 aromatic carbocycles. The molecular formula is C12H18N6O. The van der Waals surface area contributed by atoms with Gasteiger partial charge in [0.15, 0.2) is 11.5 Å². The van der Waals surface area contributed by atoms with Gasteiger partial charge < -0.3 is 10.2 Å². The van der Waals surface area contributed by atoms with Crippen LogP contribution in [0.3, 0.4) is 0 Å². The zero-order valence-corrected chi connectivity index (χ0v) is 11.6. The summed E-state index contributed by atoms with van der Waals surface area (Å²) in [5.41, 5.74) is 0.703. The van der Waals surface area contributed by atoms with Crippen molar-refractivity contribution in [1.82, 2.24) is 24.7 Å². The second-order valence-corrected chi connectivity index (χ2v) is 4.56. The number of fused-ring (bicyclic) bond motifs is 1. The Morgan fingerprint density at radius 2 is 2.16 bits per heavy atom. The summed E-state index contributed by atoms with van der Waals surface area (Å²) in [6, 6.07) is 3.29. The van der Waals surface area contributed by atoms with E-state index in [0.717, 1.165) is 12.2 Å². The minimum Gasteiger partial charge on any atom is -0.357 e. The number of hydrogen-bond acceptors (Lipinski definition) is 5. The summed E-state index contributed by atoms with van der Waals surface area (Å²) in [7, 11) is 3.46. The van der Waals surface area contributed by atoms with Gasteiger partial charge in [-0.2, -0.15) is 4.52 Å². The summed E-state index contributed by atoms with van der Waals surface area (Å²) in [6.45, 7) is 3.80. The van der Waals surface area contributed by atoms with Crippen molar-refractivity contribution in [3.05, 3.63) is 18.0 Å². The Kier molecular flexibility index (Phi) is 3.64. The van der Waals surface area contributed by atoms with E-state index in [4.69, 9.17) is 0 Å². The molecule has 2 aromatic heterocycles. The lowest BCUT2D eigenvalue weighted by Gasteiger charge is -2.18. The highest BCUT2D eigenvalue weighted by Crippen LogP contribution is 2.09. The molecule has 0 fully saturated rings. The van der Waals surface area contributed by atoms with Crippen LogP contribution in [0.15, 0.2) is 12.1 Å². The molecule has 2 heterocycles. The highest BCUT2D eigenvalue weighted by molar-refractivity contribution is 5.83. The minimum absolute atomic E-state index is 0.00127. The van der Waals surface area contributed by atoms with Crippen LogP contribution in [-0.4, -0.2) is 50.8 Å². The van der Waals surface area contributed by atoms with Gasteiger partial charge in [0.1, 0.15) is 11.9 Å². The highest BCUT2D eigenvalue weighted by Gasteiger charge is 2.15. The predicted octanol–water partition coefficient (Wildman–Crippen LogP) is 0.575. The maximum atomic E-state index is 11.8. The van der Waals surface area contributed by atoms with Crippen molar-refractivity contribution in [3.63, 3.8) is 0 Å². The third kappa shape index (κ3) is 2.64. The molecular weight excluding hydrogens is 244 g/mol. The van der Waals surface area contributed by atoms with Gasteiger partial charge in [-0.05, 0) is 19.1 Å². The Bertz CT molecular complexity index is 591. The molecule has 0 aliphatic heterocycles. The normalized spacial score (nSPS) is 12.4. The highest BCUT2D eigenvalue weighted by atomic mass is 16.2. The van der Waals surface area contributed by atoms with Gasteiger partial charge in [0.25, 0.3) is 0 Å². The number of nitrogens with one attached hydrogen (secondary N) is 1. The van der Waals surface area contributed by atoms with Crippen LogP contribution >= 0.6 is 0 Å². The van der Waals surface area contributed by atoms with E-state index in [2.05, 4.69) is 20.6 Å². The van der Waals surface area contributed by atoms with Gasteiger partial charge in [-0.1, -0.05) is 6.92 Å². The number of rotatable bonds is 4. The number of nitrogens with zero attached hydrogens (tertiary/aromatic N) is 5. The van der Waals surface area contributed by atoms with E-state index in [9.17, 15) is 4.79 Å². The molecule has 1 amide bonds. The first-order chi connectivity index (χ1) is 9.02. The maximum absolute atomic E-state index is 11.8. The van der Waals surface area contributed by atoms with Gasteiger partial charge in [-0.15, -0.1) is 15.3 Å². The zero-order chi connectivity index (χ0) is 14.0. The van der Waals surface area contributed by atoms with Crippen molar-refractivity contribution in [1.29, 1.82) is 0 Å². The molecule has 0 aliphatic rings. The second-order valence-electron chi connectivity index (χ2n) is 4.56. The quantitative estimate of drug-likeness (QED) is 0.872. The number of aryl methyl sites for hydroxylation is 1. The molecule has 0 bridgehead atoms. The molecule has 1 atom stereocenters. The molecule has 2 rings (SSSR count). The molecule has 0 saturated heterocycles. The molecule has 0 saturated carbocycles. The van der Waals surface area contributed by atoms with Crippen LogP contribution in [0, 0.1) is 0 Å². The zero-order valence-electron chi connectivity index (χ0n) is 11.6. The number of aromatic nitrogens is 4. The average Bonchev–Trinajstić information content (AvgIpc) is 2.79. The van der Waals surface area contributed by atoms with Gasteiger partial charge >= 0.3 is 0 Å². The smallest absolute Gasteiger partial charge is 0.244 e. The van der Waals surface area contributed by atoms with Gasteiger partial charge in [-0.25, -0.2) is 0 Å². The van der Waals surface area contributed by atoms with E-state index < -0.39 is 0 Å². The number of hydrogen-bond donors (Lipinski definition) is 1. The van der Waals surface area contributed by atoms with Gasteiger partial charge in [0.2, 0.25) is 5.91 Å². The van der Waals surface area contributed by atoms with Crippen LogP contribution in [0.4, 0.5) is 5.82 Å². The lowest BCUT2D eigenvalue weighted by Crippen LogP contribution is -2.36. The molecule has 0 radical (unpaired) electrons. The molecule has 0 unspecified atom stereocenters. The fraction of sp³-hybridized carbons (Fsp3) is 0.500. The lowest BCUT2D eigenvalue weighted by molar-refractivity contribution is -0.129. The van der Waals surface area contributed by atoms with Gasteiger partial charge in [0, 0.05) is 20.5 Å². The molecule has 7 heteroatoms. The van der Waals surface area contributed by atoms with Gasteiger partial charge in [-0.3, -0.25) is 4.79 Å². The monoisotopic (exact) mass is 262 g/mol. The van der Waals surface area contributed by atoms with E-state index in [-0.39, 0.29) is 11.9 Å². The van der Waals surface area contributed by atoms with E-state index in [1.807, 2.05) is 13.0 Å². The van der Waals surface area contributed by atoms with Crippen molar-refractivity contribution in [2.75, 3.05) is 19.4 Å². The topological polar surface area (TPSA) is 75.4 Å². The number of anilines is 1. The van der Waals surface area contributed by atoms with Crippen LogP contribution in [0.5, 0.6) is 0 Å². The Morgan fingerprint density at radius 3 is 2.79 bits per heavy atom. The van der Waals surface area contributed by atoms with Crippen LogP contribution in [-0.2, 0) is 11.2 Å². The van der Waals surface area contributed by atoms with Crippen molar-refractivity contribution in [2.45, 2.75) is 26.3 Å². The second kappa shape index (κ2) is 5.21. The third-order valence-electron chi connectivity index (χ3n) is 2.82. The van der Waals surface area contributed by atoms with Crippen LogP contribution in [0.2, 0.25) is 0 Å². The van der Waals surface area contributed by atoms with Crippen molar-refractivity contribution in [3.8, 4) is 0 Å². The summed E-state index contributed by atoms with van der Waals surface area (Å²) in [6.07, 6.45) is 0.754. The van der Waals surface area contributed by atoms with E-state index in [0.29, 0.717) is 11.5 Å². The molecule has 0 spiro atoms. The molecule has 19 heavy (non-hydrogen) atoms. The van der Waals surface area contributed by atoms with Crippen molar-refractivity contribution < 1.29 is 4.79 Å². The fourth-order valence-electron chi connectivity index (χ4n) is 1.80.